The summed E-state index contributed by atoms with van der Waals surface area (Å²) in [7, 11) is 0. The molecule has 19 heavy (non-hydrogen) atoms. The van der Waals surface area contributed by atoms with Gasteiger partial charge in [-0.05, 0) is 29.7 Å². The summed E-state index contributed by atoms with van der Waals surface area (Å²) in [4.78, 5) is 14.5. The Bertz CT molecular complexity index is 279. The lowest BCUT2D eigenvalue weighted by Crippen LogP contribution is -2.43. The van der Waals surface area contributed by atoms with Gasteiger partial charge in [-0.25, -0.2) is 0 Å². The topological polar surface area (TPSA) is 46.3 Å². The zero-order valence-electron chi connectivity index (χ0n) is 14.0. The van der Waals surface area contributed by atoms with Gasteiger partial charge in [0.15, 0.2) is 0 Å². The van der Waals surface area contributed by atoms with E-state index in [2.05, 4.69) is 48.5 Å². The smallest absolute Gasteiger partial charge is 0.222 e. The summed E-state index contributed by atoms with van der Waals surface area (Å²) < 4.78 is 0. The Morgan fingerprint density at radius 2 is 1.74 bits per heavy atom. The van der Waals surface area contributed by atoms with Crippen molar-refractivity contribution >= 4 is 5.91 Å². The molecule has 1 amide bonds. The molecule has 1 atom stereocenters. The van der Waals surface area contributed by atoms with Crippen molar-refractivity contribution in [2.75, 3.05) is 19.6 Å². The van der Waals surface area contributed by atoms with Gasteiger partial charge < -0.3 is 10.6 Å². The van der Waals surface area contributed by atoms with E-state index >= 15 is 0 Å². The number of hydrogen-bond acceptors (Lipinski definition) is 2. The minimum atomic E-state index is -0.00417. The number of amides is 1. The quantitative estimate of drug-likeness (QED) is 0.771. The van der Waals surface area contributed by atoms with E-state index in [0.29, 0.717) is 18.9 Å². The van der Waals surface area contributed by atoms with Gasteiger partial charge in [-0.2, -0.15) is 0 Å². The highest BCUT2D eigenvalue weighted by atomic mass is 16.2. The highest BCUT2D eigenvalue weighted by Crippen LogP contribution is 2.29. The van der Waals surface area contributed by atoms with Crippen LogP contribution < -0.4 is 5.73 Å². The van der Waals surface area contributed by atoms with Crippen molar-refractivity contribution < 1.29 is 4.79 Å². The highest BCUT2D eigenvalue weighted by Gasteiger charge is 2.27. The number of nitrogens with zero attached hydrogens (tertiary/aromatic N) is 1. The first-order valence-corrected chi connectivity index (χ1v) is 7.51. The van der Waals surface area contributed by atoms with Gasteiger partial charge in [-0.1, -0.05) is 48.5 Å². The lowest BCUT2D eigenvalue weighted by atomic mass is 9.80. The summed E-state index contributed by atoms with van der Waals surface area (Å²) in [6, 6.07) is 0. The van der Waals surface area contributed by atoms with Gasteiger partial charge >= 0.3 is 0 Å². The van der Waals surface area contributed by atoms with Gasteiger partial charge in [0.1, 0.15) is 0 Å². The van der Waals surface area contributed by atoms with Crippen LogP contribution in [0.5, 0.6) is 0 Å². The van der Waals surface area contributed by atoms with Crippen molar-refractivity contribution in [1.82, 2.24) is 4.90 Å². The molecule has 0 aromatic heterocycles. The Labute approximate surface area is 119 Å². The number of rotatable bonds is 7. The van der Waals surface area contributed by atoms with Crippen molar-refractivity contribution in [3.63, 3.8) is 0 Å². The van der Waals surface area contributed by atoms with Crippen molar-refractivity contribution in [2.45, 2.75) is 61.3 Å². The van der Waals surface area contributed by atoms with Crippen molar-refractivity contribution in [2.24, 2.45) is 22.5 Å². The van der Waals surface area contributed by atoms with E-state index in [4.69, 9.17) is 5.73 Å². The normalized spacial score (nSPS) is 14.3. The van der Waals surface area contributed by atoms with Crippen LogP contribution in [0, 0.1) is 16.7 Å². The number of nitrogens with two attached hydrogens (primary N) is 1. The predicted octanol–water partition coefficient (Wildman–Crippen LogP) is 3.28. The third-order valence-electron chi connectivity index (χ3n) is 3.98. The first-order valence-electron chi connectivity index (χ1n) is 7.51. The summed E-state index contributed by atoms with van der Waals surface area (Å²) >= 11 is 0. The first-order chi connectivity index (χ1) is 8.53. The van der Waals surface area contributed by atoms with E-state index in [1.165, 1.54) is 0 Å². The molecule has 3 nitrogen and oxygen atoms in total. The molecule has 0 spiro atoms. The second-order valence-corrected chi connectivity index (χ2v) is 7.65. The van der Waals surface area contributed by atoms with E-state index in [0.717, 1.165) is 19.5 Å². The molecule has 0 aliphatic carbocycles. The first kappa shape index (κ1) is 18.4. The van der Waals surface area contributed by atoms with Crippen LogP contribution in [0.2, 0.25) is 0 Å². The summed E-state index contributed by atoms with van der Waals surface area (Å²) in [5, 5.41) is 0. The van der Waals surface area contributed by atoms with E-state index in [-0.39, 0.29) is 16.7 Å². The molecule has 0 aliphatic rings. The monoisotopic (exact) mass is 270 g/mol. The maximum absolute atomic E-state index is 12.5. The van der Waals surface area contributed by atoms with Gasteiger partial charge in [0, 0.05) is 19.5 Å². The van der Waals surface area contributed by atoms with Crippen LogP contribution in [-0.2, 0) is 4.79 Å². The largest absolute Gasteiger partial charge is 0.342 e. The van der Waals surface area contributed by atoms with Crippen molar-refractivity contribution in [3.05, 3.63) is 0 Å². The molecule has 1 unspecified atom stereocenters. The Morgan fingerprint density at radius 3 is 2.11 bits per heavy atom. The van der Waals surface area contributed by atoms with Crippen LogP contribution in [0.25, 0.3) is 0 Å². The molecule has 0 radical (unpaired) electrons. The van der Waals surface area contributed by atoms with Crippen LogP contribution in [-0.4, -0.2) is 30.4 Å². The van der Waals surface area contributed by atoms with Crippen molar-refractivity contribution in [1.29, 1.82) is 0 Å². The van der Waals surface area contributed by atoms with Crippen LogP contribution in [0.4, 0.5) is 0 Å². The molecule has 2 N–H and O–H groups in total. The van der Waals surface area contributed by atoms with Crippen molar-refractivity contribution in [3.8, 4) is 0 Å². The fourth-order valence-electron chi connectivity index (χ4n) is 1.84. The molecule has 0 bridgehead atoms. The Balaban J connectivity index is 4.67. The second kappa shape index (κ2) is 7.28. The zero-order chi connectivity index (χ0) is 15.3. The molecule has 0 saturated heterocycles. The van der Waals surface area contributed by atoms with Gasteiger partial charge in [0.25, 0.3) is 0 Å². The standard InChI is InChI=1S/C16H34N2O/c1-8-9-18(12-16(6,7)11-17)14(19)10-13(2)15(3,4)5/h13H,8-12,17H2,1-7H3. The molecular weight excluding hydrogens is 236 g/mol. The number of carbonyl (C=O) groups is 1. The second-order valence-electron chi connectivity index (χ2n) is 7.65. The highest BCUT2D eigenvalue weighted by molar-refractivity contribution is 5.76. The number of carbonyl (C=O) groups excluding carboxylic acids is 1. The maximum Gasteiger partial charge on any atom is 0.222 e. The lowest BCUT2D eigenvalue weighted by Gasteiger charge is -2.34. The molecule has 0 aliphatic heterocycles. The Hall–Kier alpha value is -0.570. The molecular formula is C16H34N2O. The van der Waals surface area contributed by atoms with Gasteiger partial charge in [0.2, 0.25) is 5.91 Å². The van der Waals surface area contributed by atoms with Gasteiger partial charge in [-0.15, -0.1) is 0 Å². The fourth-order valence-corrected chi connectivity index (χ4v) is 1.84. The average molecular weight is 270 g/mol. The molecule has 114 valence electrons. The zero-order valence-corrected chi connectivity index (χ0v) is 14.0. The summed E-state index contributed by atoms with van der Waals surface area (Å²) in [5.41, 5.74) is 5.96. The summed E-state index contributed by atoms with van der Waals surface area (Å²) in [5.74, 6) is 0.658. The summed E-state index contributed by atoms with van der Waals surface area (Å²) in [6.45, 7) is 17.3. The molecule has 0 aromatic carbocycles. The number of hydrogen-bond donors (Lipinski definition) is 1. The molecule has 0 fully saturated rings. The van der Waals surface area contributed by atoms with E-state index in [1.807, 2.05) is 4.90 Å². The Morgan fingerprint density at radius 1 is 1.21 bits per heavy atom. The van der Waals surface area contributed by atoms with Gasteiger partial charge in [0.05, 0.1) is 0 Å². The third kappa shape index (κ3) is 6.95. The Kier molecular flexibility index (Phi) is 7.06. The maximum atomic E-state index is 12.5. The molecule has 0 rings (SSSR count). The fraction of sp³-hybridized carbons (Fsp3) is 0.938. The minimum Gasteiger partial charge on any atom is -0.342 e. The molecule has 0 aromatic rings. The minimum absolute atomic E-state index is 0.00417. The third-order valence-corrected chi connectivity index (χ3v) is 3.98. The van der Waals surface area contributed by atoms with E-state index in [1.54, 1.807) is 0 Å². The van der Waals surface area contributed by atoms with Gasteiger partial charge in [-0.3, -0.25) is 4.79 Å². The van der Waals surface area contributed by atoms with Crippen LogP contribution in [0.1, 0.15) is 61.3 Å². The predicted molar refractivity (Wildman–Crippen MR) is 82.9 cm³/mol. The average Bonchev–Trinajstić information content (AvgIpc) is 2.26. The molecule has 0 heterocycles. The summed E-state index contributed by atoms with van der Waals surface area (Å²) in [6.07, 6.45) is 1.63. The molecule has 0 saturated carbocycles. The van der Waals surface area contributed by atoms with Crippen LogP contribution in [0.3, 0.4) is 0 Å². The van der Waals surface area contributed by atoms with Crippen LogP contribution >= 0.6 is 0 Å². The lowest BCUT2D eigenvalue weighted by molar-refractivity contribution is -0.134. The van der Waals surface area contributed by atoms with E-state index < -0.39 is 0 Å². The molecule has 3 heteroatoms. The van der Waals surface area contributed by atoms with E-state index in [9.17, 15) is 4.79 Å². The van der Waals surface area contributed by atoms with Crippen LogP contribution in [0.15, 0.2) is 0 Å². The SMILES string of the molecule is CCCN(CC(C)(C)CN)C(=O)CC(C)C(C)(C)C.